The van der Waals surface area contributed by atoms with Crippen molar-refractivity contribution in [1.29, 1.82) is 5.26 Å². The molecule has 0 saturated carbocycles. The third-order valence-corrected chi connectivity index (χ3v) is 3.08. The maximum atomic E-state index is 12.0. The Morgan fingerprint density at radius 1 is 1.61 bits per heavy atom. The maximum absolute atomic E-state index is 12.0. The van der Waals surface area contributed by atoms with Gasteiger partial charge in [-0.05, 0) is 30.5 Å². The minimum Gasteiger partial charge on any atom is -0.397 e. The molecule has 2 rings (SSSR count). The molecule has 1 aliphatic rings. The molecule has 2 atom stereocenters. The van der Waals surface area contributed by atoms with Crippen LogP contribution >= 0.6 is 0 Å². The lowest BCUT2D eigenvalue weighted by Crippen LogP contribution is -2.31. The van der Waals surface area contributed by atoms with Crippen molar-refractivity contribution in [3.63, 3.8) is 0 Å². The van der Waals surface area contributed by atoms with Crippen LogP contribution in [0.5, 0.6) is 0 Å². The SMILES string of the molecule is CC1CCOC1C(=O)Nc1ccc(C#N)cc1N. The molecular formula is C13H15N3O2. The number of anilines is 2. The number of nitrogens with two attached hydrogens (primary N) is 1. The molecule has 3 N–H and O–H groups in total. The second-order valence-electron chi connectivity index (χ2n) is 4.46. The van der Waals surface area contributed by atoms with E-state index in [1.54, 1.807) is 12.1 Å². The number of nitrogens with one attached hydrogen (secondary N) is 1. The molecule has 1 aromatic carbocycles. The number of nitrogens with zero attached hydrogens (tertiary/aromatic N) is 1. The van der Waals surface area contributed by atoms with Crippen molar-refractivity contribution in [3.8, 4) is 6.07 Å². The summed E-state index contributed by atoms with van der Waals surface area (Å²) >= 11 is 0. The first-order valence-electron chi connectivity index (χ1n) is 5.84. The summed E-state index contributed by atoms with van der Waals surface area (Å²) in [6.45, 7) is 2.60. The van der Waals surface area contributed by atoms with Crippen LogP contribution in [-0.4, -0.2) is 18.6 Å². The number of hydrogen-bond donors (Lipinski definition) is 2. The molecule has 1 aliphatic heterocycles. The Morgan fingerprint density at radius 2 is 2.39 bits per heavy atom. The summed E-state index contributed by atoms with van der Waals surface area (Å²) in [6.07, 6.45) is 0.473. The highest BCUT2D eigenvalue weighted by Gasteiger charge is 2.31. The van der Waals surface area contributed by atoms with Gasteiger partial charge in [-0.25, -0.2) is 0 Å². The van der Waals surface area contributed by atoms with Gasteiger partial charge < -0.3 is 15.8 Å². The molecule has 18 heavy (non-hydrogen) atoms. The third kappa shape index (κ3) is 2.44. The van der Waals surface area contributed by atoms with E-state index < -0.39 is 6.10 Å². The molecule has 0 aliphatic carbocycles. The number of rotatable bonds is 2. The minimum atomic E-state index is -0.417. The minimum absolute atomic E-state index is 0.184. The summed E-state index contributed by atoms with van der Waals surface area (Å²) in [4.78, 5) is 12.0. The Balaban J connectivity index is 2.10. The number of carbonyl (C=O) groups excluding carboxylic acids is 1. The lowest BCUT2D eigenvalue weighted by Gasteiger charge is -2.15. The largest absolute Gasteiger partial charge is 0.397 e. The highest BCUT2D eigenvalue weighted by atomic mass is 16.5. The molecule has 1 fully saturated rings. The molecule has 1 aromatic rings. The first-order chi connectivity index (χ1) is 8.61. The van der Waals surface area contributed by atoms with Crippen molar-refractivity contribution in [2.45, 2.75) is 19.4 Å². The van der Waals surface area contributed by atoms with E-state index >= 15 is 0 Å². The summed E-state index contributed by atoms with van der Waals surface area (Å²) in [6, 6.07) is 6.78. The average Bonchev–Trinajstić information content (AvgIpc) is 2.78. The first kappa shape index (κ1) is 12.4. The van der Waals surface area contributed by atoms with E-state index in [-0.39, 0.29) is 11.8 Å². The smallest absolute Gasteiger partial charge is 0.253 e. The van der Waals surface area contributed by atoms with E-state index in [1.807, 2.05) is 13.0 Å². The van der Waals surface area contributed by atoms with Crippen molar-refractivity contribution < 1.29 is 9.53 Å². The molecule has 94 valence electrons. The zero-order valence-electron chi connectivity index (χ0n) is 10.1. The molecule has 1 amide bonds. The Labute approximate surface area is 106 Å². The number of carbonyl (C=O) groups is 1. The van der Waals surface area contributed by atoms with Crippen LogP contribution in [-0.2, 0) is 9.53 Å². The summed E-state index contributed by atoms with van der Waals surface area (Å²) < 4.78 is 5.38. The van der Waals surface area contributed by atoms with Crippen molar-refractivity contribution in [1.82, 2.24) is 0 Å². The summed E-state index contributed by atoms with van der Waals surface area (Å²) in [5, 5.41) is 11.5. The molecule has 1 heterocycles. The standard InChI is InChI=1S/C13H15N3O2/c1-8-4-5-18-12(8)13(17)16-11-3-2-9(7-14)6-10(11)15/h2-3,6,8,12H,4-5,15H2,1H3,(H,16,17). The quantitative estimate of drug-likeness (QED) is 0.773. The normalized spacial score (nSPS) is 22.4. The fourth-order valence-corrected chi connectivity index (χ4v) is 1.98. The molecule has 0 spiro atoms. The number of benzene rings is 1. The van der Waals surface area contributed by atoms with Crippen LogP contribution in [0.2, 0.25) is 0 Å². The summed E-state index contributed by atoms with van der Waals surface area (Å²) in [5.41, 5.74) is 7.14. The van der Waals surface area contributed by atoms with Gasteiger partial charge in [-0.15, -0.1) is 0 Å². The van der Waals surface area contributed by atoms with Crippen molar-refractivity contribution >= 4 is 17.3 Å². The van der Waals surface area contributed by atoms with Crippen LogP contribution in [0.15, 0.2) is 18.2 Å². The molecule has 0 aromatic heterocycles. The van der Waals surface area contributed by atoms with Gasteiger partial charge in [-0.3, -0.25) is 4.79 Å². The van der Waals surface area contributed by atoms with Crippen LogP contribution in [0.3, 0.4) is 0 Å². The molecule has 0 radical (unpaired) electrons. The number of amides is 1. The number of ether oxygens (including phenoxy) is 1. The van der Waals surface area contributed by atoms with Gasteiger partial charge in [0.1, 0.15) is 6.10 Å². The van der Waals surface area contributed by atoms with Crippen LogP contribution in [0.4, 0.5) is 11.4 Å². The first-order valence-corrected chi connectivity index (χ1v) is 5.84. The second kappa shape index (κ2) is 5.07. The fraction of sp³-hybridized carbons (Fsp3) is 0.385. The predicted octanol–water partition coefficient (Wildman–Crippen LogP) is 1.50. The monoisotopic (exact) mass is 245 g/mol. The van der Waals surface area contributed by atoms with E-state index in [2.05, 4.69) is 5.32 Å². The zero-order chi connectivity index (χ0) is 13.1. The average molecular weight is 245 g/mol. The van der Waals surface area contributed by atoms with Gasteiger partial charge >= 0.3 is 0 Å². The molecule has 2 unspecified atom stereocenters. The molecule has 5 nitrogen and oxygen atoms in total. The van der Waals surface area contributed by atoms with E-state index in [9.17, 15) is 4.79 Å². The van der Waals surface area contributed by atoms with Gasteiger partial charge in [0.2, 0.25) is 0 Å². The van der Waals surface area contributed by atoms with Gasteiger partial charge in [0, 0.05) is 6.61 Å². The van der Waals surface area contributed by atoms with E-state index in [4.69, 9.17) is 15.7 Å². The summed E-state index contributed by atoms with van der Waals surface area (Å²) in [5.74, 6) is 0.0287. The molecule has 1 saturated heterocycles. The van der Waals surface area contributed by atoms with Crippen LogP contribution in [0, 0.1) is 17.2 Å². The predicted molar refractivity (Wildman–Crippen MR) is 67.7 cm³/mol. The Morgan fingerprint density at radius 3 is 2.94 bits per heavy atom. The molecule has 5 heteroatoms. The van der Waals surface area contributed by atoms with Crippen LogP contribution < -0.4 is 11.1 Å². The van der Waals surface area contributed by atoms with E-state index in [1.165, 1.54) is 6.07 Å². The summed E-state index contributed by atoms with van der Waals surface area (Å²) in [7, 11) is 0. The second-order valence-corrected chi connectivity index (χ2v) is 4.46. The van der Waals surface area contributed by atoms with E-state index in [0.717, 1.165) is 6.42 Å². The fourth-order valence-electron chi connectivity index (χ4n) is 1.98. The Kier molecular flexibility index (Phi) is 3.49. The number of nitrogen functional groups attached to an aromatic ring is 1. The molecular weight excluding hydrogens is 230 g/mol. The van der Waals surface area contributed by atoms with Gasteiger partial charge in [-0.2, -0.15) is 5.26 Å². The van der Waals surface area contributed by atoms with Crippen LogP contribution in [0.1, 0.15) is 18.9 Å². The highest BCUT2D eigenvalue weighted by molar-refractivity contribution is 5.97. The van der Waals surface area contributed by atoms with Gasteiger partial charge in [-0.1, -0.05) is 6.92 Å². The Bertz CT molecular complexity index is 507. The highest BCUT2D eigenvalue weighted by Crippen LogP contribution is 2.24. The van der Waals surface area contributed by atoms with Crippen molar-refractivity contribution in [2.24, 2.45) is 5.92 Å². The number of hydrogen-bond acceptors (Lipinski definition) is 4. The Hall–Kier alpha value is -2.06. The maximum Gasteiger partial charge on any atom is 0.253 e. The molecule has 0 bridgehead atoms. The van der Waals surface area contributed by atoms with Gasteiger partial charge in [0.25, 0.3) is 5.91 Å². The van der Waals surface area contributed by atoms with E-state index in [0.29, 0.717) is 23.5 Å². The van der Waals surface area contributed by atoms with Crippen molar-refractivity contribution in [3.05, 3.63) is 23.8 Å². The third-order valence-electron chi connectivity index (χ3n) is 3.08. The van der Waals surface area contributed by atoms with Crippen LogP contribution in [0.25, 0.3) is 0 Å². The zero-order valence-corrected chi connectivity index (χ0v) is 10.1. The van der Waals surface area contributed by atoms with Gasteiger partial charge in [0.15, 0.2) is 0 Å². The lowest BCUT2D eigenvalue weighted by atomic mass is 10.0. The lowest BCUT2D eigenvalue weighted by molar-refractivity contribution is -0.126. The van der Waals surface area contributed by atoms with Gasteiger partial charge in [0.05, 0.1) is 23.0 Å². The van der Waals surface area contributed by atoms with Crippen molar-refractivity contribution in [2.75, 3.05) is 17.7 Å². The number of nitriles is 1. The topological polar surface area (TPSA) is 88.1 Å².